The SMILES string of the molecule is Cc1cc(Cl)ccc1NC(=O)c1cc(N)cn1C. The summed E-state index contributed by atoms with van der Waals surface area (Å²) in [4.78, 5) is 12.1. The van der Waals surface area contributed by atoms with Gasteiger partial charge in [0, 0.05) is 24.0 Å². The number of benzene rings is 1. The van der Waals surface area contributed by atoms with Gasteiger partial charge in [0.05, 0.1) is 5.69 Å². The average molecular weight is 264 g/mol. The van der Waals surface area contributed by atoms with Crippen LogP contribution in [0.2, 0.25) is 5.02 Å². The van der Waals surface area contributed by atoms with Crippen LogP contribution in [0, 0.1) is 6.92 Å². The van der Waals surface area contributed by atoms with Crippen LogP contribution in [-0.4, -0.2) is 10.5 Å². The number of rotatable bonds is 2. The molecule has 0 aliphatic heterocycles. The summed E-state index contributed by atoms with van der Waals surface area (Å²) in [5.74, 6) is -0.195. The van der Waals surface area contributed by atoms with Gasteiger partial charge in [-0.05, 0) is 36.8 Å². The number of aromatic nitrogens is 1. The lowest BCUT2D eigenvalue weighted by atomic mass is 10.2. The van der Waals surface area contributed by atoms with Crippen LogP contribution in [0.3, 0.4) is 0 Å². The van der Waals surface area contributed by atoms with Crippen molar-refractivity contribution in [1.82, 2.24) is 4.57 Å². The fourth-order valence-electron chi connectivity index (χ4n) is 1.77. The van der Waals surface area contributed by atoms with Gasteiger partial charge in [-0.25, -0.2) is 0 Å². The van der Waals surface area contributed by atoms with E-state index in [1.165, 1.54) is 0 Å². The van der Waals surface area contributed by atoms with Gasteiger partial charge in [0.25, 0.3) is 5.91 Å². The smallest absolute Gasteiger partial charge is 0.272 e. The summed E-state index contributed by atoms with van der Waals surface area (Å²) in [5.41, 5.74) is 8.38. The van der Waals surface area contributed by atoms with Crippen LogP contribution in [0.4, 0.5) is 11.4 Å². The standard InChI is InChI=1S/C13H14ClN3O/c1-8-5-9(14)3-4-11(8)16-13(18)12-6-10(15)7-17(12)2/h3-7H,15H2,1-2H3,(H,16,18). The van der Waals surface area contributed by atoms with Gasteiger partial charge in [-0.1, -0.05) is 11.6 Å². The fraction of sp³-hybridized carbons (Fsp3) is 0.154. The van der Waals surface area contributed by atoms with Gasteiger partial charge in [0.2, 0.25) is 0 Å². The normalized spacial score (nSPS) is 10.4. The number of anilines is 2. The summed E-state index contributed by atoms with van der Waals surface area (Å²) in [6.07, 6.45) is 1.70. The molecule has 0 bridgehead atoms. The molecule has 2 rings (SSSR count). The third-order valence-electron chi connectivity index (χ3n) is 2.70. The van der Waals surface area contributed by atoms with Crippen molar-refractivity contribution in [2.75, 3.05) is 11.1 Å². The van der Waals surface area contributed by atoms with Crippen molar-refractivity contribution in [3.05, 3.63) is 46.7 Å². The highest BCUT2D eigenvalue weighted by Gasteiger charge is 2.12. The summed E-state index contributed by atoms with van der Waals surface area (Å²) >= 11 is 5.87. The van der Waals surface area contributed by atoms with E-state index in [4.69, 9.17) is 17.3 Å². The van der Waals surface area contributed by atoms with E-state index in [2.05, 4.69) is 5.32 Å². The molecule has 0 aliphatic carbocycles. The Morgan fingerprint density at radius 3 is 2.67 bits per heavy atom. The van der Waals surface area contributed by atoms with Gasteiger partial charge in [-0.15, -0.1) is 0 Å². The number of nitrogen functional groups attached to an aromatic ring is 1. The molecule has 0 saturated carbocycles. The second-order valence-electron chi connectivity index (χ2n) is 4.18. The molecule has 18 heavy (non-hydrogen) atoms. The van der Waals surface area contributed by atoms with Gasteiger partial charge in [-0.3, -0.25) is 4.79 Å². The summed E-state index contributed by atoms with van der Waals surface area (Å²) in [7, 11) is 1.78. The molecule has 0 fully saturated rings. The van der Waals surface area contributed by atoms with Crippen molar-refractivity contribution in [3.63, 3.8) is 0 Å². The van der Waals surface area contributed by atoms with Crippen LogP contribution in [-0.2, 0) is 7.05 Å². The Morgan fingerprint density at radius 1 is 1.39 bits per heavy atom. The van der Waals surface area contributed by atoms with E-state index < -0.39 is 0 Å². The minimum Gasteiger partial charge on any atom is -0.397 e. The molecule has 0 spiro atoms. The summed E-state index contributed by atoms with van der Waals surface area (Å²) in [5, 5.41) is 3.48. The van der Waals surface area contributed by atoms with Crippen LogP contribution >= 0.6 is 11.6 Å². The number of carbonyl (C=O) groups excluding carboxylic acids is 1. The molecular weight excluding hydrogens is 250 g/mol. The quantitative estimate of drug-likeness (QED) is 0.875. The first-order valence-electron chi connectivity index (χ1n) is 5.46. The van der Waals surface area contributed by atoms with E-state index in [-0.39, 0.29) is 5.91 Å². The summed E-state index contributed by atoms with van der Waals surface area (Å²) < 4.78 is 1.69. The van der Waals surface area contributed by atoms with E-state index >= 15 is 0 Å². The number of hydrogen-bond donors (Lipinski definition) is 2. The monoisotopic (exact) mass is 263 g/mol. The zero-order valence-electron chi connectivity index (χ0n) is 10.2. The van der Waals surface area contributed by atoms with Crippen molar-refractivity contribution < 1.29 is 4.79 Å². The molecule has 4 nitrogen and oxygen atoms in total. The number of halogens is 1. The molecule has 94 valence electrons. The van der Waals surface area contributed by atoms with Gasteiger partial charge >= 0.3 is 0 Å². The predicted octanol–water partition coefficient (Wildman–Crippen LogP) is 2.82. The molecule has 0 aliphatic rings. The Kier molecular flexibility index (Phi) is 3.30. The molecule has 1 heterocycles. The highest BCUT2D eigenvalue weighted by Crippen LogP contribution is 2.20. The van der Waals surface area contributed by atoms with Gasteiger partial charge in [0.1, 0.15) is 5.69 Å². The molecule has 3 N–H and O–H groups in total. The first-order valence-corrected chi connectivity index (χ1v) is 5.84. The van der Waals surface area contributed by atoms with E-state index in [0.29, 0.717) is 16.4 Å². The zero-order chi connectivity index (χ0) is 13.3. The second-order valence-corrected chi connectivity index (χ2v) is 4.62. The molecule has 1 aromatic heterocycles. The first-order chi connectivity index (χ1) is 8.47. The lowest BCUT2D eigenvalue weighted by Gasteiger charge is -2.09. The third kappa shape index (κ3) is 2.49. The highest BCUT2D eigenvalue weighted by atomic mass is 35.5. The third-order valence-corrected chi connectivity index (χ3v) is 2.93. The Morgan fingerprint density at radius 2 is 2.11 bits per heavy atom. The van der Waals surface area contributed by atoms with Crippen molar-refractivity contribution >= 4 is 28.9 Å². The molecule has 5 heteroatoms. The Bertz CT molecular complexity index is 604. The lowest BCUT2D eigenvalue weighted by Crippen LogP contribution is -2.15. The highest BCUT2D eigenvalue weighted by molar-refractivity contribution is 6.30. The maximum Gasteiger partial charge on any atom is 0.272 e. The predicted molar refractivity (Wildman–Crippen MR) is 74.0 cm³/mol. The maximum absolute atomic E-state index is 12.1. The number of aryl methyl sites for hydroxylation is 2. The Balaban J connectivity index is 2.24. The molecule has 0 saturated heterocycles. The largest absolute Gasteiger partial charge is 0.397 e. The van der Waals surface area contributed by atoms with Crippen LogP contribution in [0.15, 0.2) is 30.5 Å². The van der Waals surface area contributed by atoms with E-state index in [9.17, 15) is 4.79 Å². The molecule has 1 amide bonds. The summed E-state index contributed by atoms with van der Waals surface area (Å²) in [6.45, 7) is 1.89. The summed E-state index contributed by atoms with van der Waals surface area (Å²) in [6, 6.07) is 6.96. The lowest BCUT2D eigenvalue weighted by molar-refractivity contribution is 0.101. The van der Waals surface area contributed by atoms with E-state index in [1.807, 2.05) is 6.92 Å². The number of nitrogens with two attached hydrogens (primary N) is 1. The second kappa shape index (κ2) is 4.74. The Labute approximate surface area is 110 Å². The van der Waals surface area contributed by atoms with Gasteiger partial charge < -0.3 is 15.6 Å². The first kappa shape index (κ1) is 12.5. The van der Waals surface area contributed by atoms with Crippen LogP contribution in [0.25, 0.3) is 0 Å². The van der Waals surface area contributed by atoms with Crippen molar-refractivity contribution in [2.24, 2.45) is 7.05 Å². The van der Waals surface area contributed by atoms with Gasteiger partial charge in [0.15, 0.2) is 0 Å². The average Bonchev–Trinajstić information content (AvgIpc) is 2.62. The van der Waals surface area contributed by atoms with Crippen molar-refractivity contribution in [2.45, 2.75) is 6.92 Å². The van der Waals surface area contributed by atoms with Crippen LogP contribution < -0.4 is 11.1 Å². The number of amides is 1. The molecule has 1 aromatic carbocycles. The maximum atomic E-state index is 12.1. The number of carbonyl (C=O) groups is 1. The number of nitrogens with zero attached hydrogens (tertiary/aromatic N) is 1. The molecule has 0 unspecified atom stereocenters. The fourth-order valence-corrected chi connectivity index (χ4v) is 2.00. The minimum absolute atomic E-state index is 0.195. The van der Waals surface area contributed by atoms with E-state index in [0.717, 1.165) is 11.3 Å². The van der Waals surface area contributed by atoms with Crippen molar-refractivity contribution in [3.8, 4) is 0 Å². The van der Waals surface area contributed by atoms with Gasteiger partial charge in [-0.2, -0.15) is 0 Å². The van der Waals surface area contributed by atoms with Crippen LogP contribution in [0.1, 0.15) is 16.1 Å². The topological polar surface area (TPSA) is 60.1 Å². The minimum atomic E-state index is -0.195. The zero-order valence-corrected chi connectivity index (χ0v) is 11.0. The van der Waals surface area contributed by atoms with E-state index in [1.54, 1.807) is 42.1 Å². The van der Waals surface area contributed by atoms with Crippen LogP contribution in [0.5, 0.6) is 0 Å². The number of nitrogens with one attached hydrogen (secondary N) is 1. The molecule has 2 aromatic rings. The molecular formula is C13H14ClN3O. The van der Waals surface area contributed by atoms with Crippen molar-refractivity contribution in [1.29, 1.82) is 0 Å². The number of hydrogen-bond acceptors (Lipinski definition) is 2. The Hall–Kier alpha value is -1.94. The molecule has 0 radical (unpaired) electrons. The molecule has 0 atom stereocenters.